The lowest BCUT2D eigenvalue weighted by Crippen LogP contribution is -2.40. The normalized spacial score (nSPS) is 16.0. The smallest absolute Gasteiger partial charge is 0.311 e. The van der Waals surface area contributed by atoms with E-state index in [2.05, 4.69) is 30.9 Å². The molecule has 7 heteroatoms. The Balaban J connectivity index is 1.65. The molecule has 0 saturated heterocycles. The van der Waals surface area contributed by atoms with Gasteiger partial charge >= 0.3 is 5.69 Å². The first-order chi connectivity index (χ1) is 16.0. The molecule has 0 spiro atoms. The average Bonchev–Trinajstić information content (AvgIpc) is 3.20. The van der Waals surface area contributed by atoms with E-state index in [4.69, 9.17) is 4.98 Å². The van der Waals surface area contributed by atoms with E-state index in [0.29, 0.717) is 29.6 Å². The van der Waals surface area contributed by atoms with Crippen molar-refractivity contribution in [2.45, 2.75) is 26.9 Å². The maximum atomic E-state index is 13.5. The third kappa shape index (κ3) is 3.59. The lowest BCUT2D eigenvalue weighted by Gasteiger charge is -2.33. The number of benzene rings is 2. The molecule has 4 aromatic rings. The number of hydrogen-bond donors (Lipinski definition) is 0. The van der Waals surface area contributed by atoms with Gasteiger partial charge in [-0.2, -0.15) is 4.98 Å². The van der Waals surface area contributed by atoms with Crippen LogP contribution in [-0.4, -0.2) is 25.2 Å². The highest BCUT2D eigenvalue weighted by molar-refractivity contribution is 5.77. The molecule has 1 aliphatic rings. The third-order valence-electron chi connectivity index (χ3n) is 6.25. The zero-order valence-corrected chi connectivity index (χ0v) is 19.1. The molecule has 0 radical (unpaired) electrons. The minimum Gasteiger partial charge on any atom is -0.311 e. The van der Waals surface area contributed by atoms with Gasteiger partial charge in [0.1, 0.15) is 0 Å². The van der Waals surface area contributed by atoms with Gasteiger partial charge in [-0.25, -0.2) is 4.79 Å². The largest absolute Gasteiger partial charge is 0.332 e. The van der Waals surface area contributed by atoms with E-state index in [1.807, 2.05) is 59.2 Å². The fourth-order valence-electron chi connectivity index (χ4n) is 4.59. The summed E-state index contributed by atoms with van der Waals surface area (Å²) >= 11 is 0. The van der Waals surface area contributed by atoms with Crippen LogP contribution in [0.25, 0.3) is 17.2 Å². The maximum Gasteiger partial charge on any atom is 0.332 e. The summed E-state index contributed by atoms with van der Waals surface area (Å²) in [6, 6.07) is 18.0. The van der Waals surface area contributed by atoms with Crippen molar-refractivity contribution < 1.29 is 0 Å². The van der Waals surface area contributed by atoms with Crippen LogP contribution in [0.3, 0.4) is 0 Å². The molecule has 0 N–H and O–H groups in total. The van der Waals surface area contributed by atoms with Crippen molar-refractivity contribution in [3.8, 4) is 0 Å². The first-order valence-electron chi connectivity index (χ1n) is 11.2. The van der Waals surface area contributed by atoms with Crippen molar-refractivity contribution in [2.24, 2.45) is 13.0 Å². The second kappa shape index (κ2) is 8.24. The van der Waals surface area contributed by atoms with Gasteiger partial charge in [0, 0.05) is 32.4 Å². The molecule has 0 aliphatic carbocycles. The standard InChI is InChI=1S/C26H27N5O2/c1-18-16-30(21-14-8-7-10-19(21)2)25-27-23-22(31(25)17-18)24(32)29(26(33)28(23)3)15-9-13-20-11-5-4-6-12-20/h4-14,18H,15-17H2,1-3H3/b13-9-/t18-/m0/s1. The molecule has 168 valence electrons. The van der Waals surface area contributed by atoms with Crippen LogP contribution in [-0.2, 0) is 20.1 Å². The minimum atomic E-state index is -0.365. The number of hydrogen-bond acceptors (Lipinski definition) is 4. The fraction of sp³-hybridized carbons (Fsp3) is 0.269. The molecule has 3 heterocycles. The molecule has 1 atom stereocenters. The van der Waals surface area contributed by atoms with Gasteiger partial charge < -0.3 is 9.47 Å². The van der Waals surface area contributed by atoms with Gasteiger partial charge in [-0.15, -0.1) is 0 Å². The Hall–Kier alpha value is -3.87. The second-order valence-electron chi connectivity index (χ2n) is 8.77. The predicted octanol–water partition coefficient (Wildman–Crippen LogP) is 3.71. The Bertz CT molecular complexity index is 1480. The zero-order chi connectivity index (χ0) is 23.1. The quantitative estimate of drug-likeness (QED) is 0.484. The van der Waals surface area contributed by atoms with Crippen LogP contribution >= 0.6 is 0 Å². The van der Waals surface area contributed by atoms with Crippen molar-refractivity contribution in [1.82, 2.24) is 18.7 Å². The zero-order valence-electron chi connectivity index (χ0n) is 19.1. The Labute approximate surface area is 191 Å². The highest BCUT2D eigenvalue weighted by Gasteiger charge is 2.30. The first kappa shape index (κ1) is 21.0. The summed E-state index contributed by atoms with van der Waals surface area (Å²) in [6.07, 6.45) is 3.77. The summed E-state index contributed by atoms with van der Waals surface area (Å²) in [5, 5.41) is 0. The van der Waals surface area contributed by atoms with Crippen molar-refractivity contribution >= 4 is 28.9 Å². The van der Waals surface area contributed by atoms with Crippen LogP contribution in [0.15, 0.2) is 70.3 Å². The molecule has 0 fully saturated rings. The number of aromatic nitrogens is 4. The minimum absolute atomic E-state index is 0.202. The summed E-state index contributed by atoms with van der Waals surface area (Å²) in [4.78, 5) is 33.5. The highest BCUT2D eigenvalue weighted by atomic mass is 16.2. The van der Waals surface area contributed by atoms with E-state index in [9.17, 15) is 9.59 Å². The molecule has 2 aromatic heterocycles. The summed E-state index contributed by atoms with van der Waals surface area (Å²) in [7, 11) is 1.68. The number of para-hydroxylation sites is 1. The number of imidazole rings is 1. The molecule has 33 heavy (non-hydrogen) atoms. The van der Waals surface area contributed by atoms with Crippen LogP contribution < -0.4 is 16.1 Å². The molecular weight excluding hydrogens is 414 g/mol. The van der Waals surface area contributed by atoms with Crippen molar-refractivity contribution in [3.63, 3.8) is 0 Å². The Kier molecular flexibility index (Phi) is 5.24. The van der Waals surface area contributed by atoms with Crippen LogP contribution in [0.1, 0.15) is 18.1 Å². The summed E-state index contributed by atoms with van der Waals surface area (Å²) < 4.78 is 4.75. The number of nitrogens with zero attached hydrogens (tertiary/aromatic N) is 5. The van der Waals surface area contributed by atoms with Crippen LogP contribution in [0.5, 0.6) is 0 Å². The molecular formula is C26H27N5O2. The van der Waals surface area contributed by atoms with E-state index >= 15 is 0 Å². The fourth-order valence-corrected chi connectivity index (χ4v) is 4.59. The molecule has 2 aromatic carbocycles. The Morgan fingerprint density at radius 2 is 1.76 bits per heavy atom. The van der Waals surface area contributed by atoms with Gasteiger partial charge in [0.25, 0.3) is 5.56 Å². The van der Waals surface area contributed by atoms with Gasteiger partial charge in [0.05, 0.1) is 0 Å². The van der Waals surface area contributed by atoms with Gasteiger partial charge in [0.15, 0.2) is 11.2 Å². The van der Waals surface area contributed by atoms with Gasteiger partial charge in [-0.3, -0.25) is 13.9 Å². The second-order valence-corrected chi connectivity index (χ2v) is 8.77. The lowest BCUT2D eigenvalue weighted by atomic mass is 10.1. The van der Waals surface area contributed by atoms with Crippen LogP contribution in [0.4, 0.5) is 11.6 Å². The SMILES string of the molecule is Cc1ccccc1N1C[C@H](C)Cn2c1nc1c2c(=O)n(C/C=C\c2ccccc2)c(=O)n1C. The lowest BCUT2D eigenvalue weighted by molar-refractivity contribution is 0.457. The number of anilines is 2. The van der Waals surface area contributed by atoms with Gasteiger partial charge in [0.2, 0.25) is 5.95 Å². The Morgan fingerprint density at radius 3 is 2.52 bits per heavy atom. The molecule has 1 aliphatic heterocycles. The van der Waals surface area contributed by atoms with Crippen molar-refractivity contribution in [2.75, 3.05) is 11.4 Å². The molecule has 5 rings (SSSR count). The van der Waals surface area contributed by atoms with Crippen molar-refractivity contribution in [1.29, 1.82) is 0 Å². The summed E-state index contributed by atoms with van der Waals surface area (Å²) in [5.74, 6) is 1.03. The van der Waals surface area contributed by atoms with Crippen LogP contribution in [0.2, 0.25) is 0 Å². The molecule has 7 nitrogen and oxygen atoms in total. The molecule has 0 bridgehead atoms. The third-order valence-corrected chi connectivity index (χ3v) is 6.25. The summed E-state index contributed by atoms with van der Waals surface area (Å²) in [5.41, 5.74) is 3.47. The van der Waals surface area contributed by atoms with E-state index in [1.165, 1.54) is 9.13 Å². The molecule has 0 amide bonds. The monoisotopic (exact) mass is 441 g/mol. The van der Waals surface area contributed by atoms with E-state index in [-0.39, 0.29) is 17.8 Å². The number of allylic oxidation sites excluding steroid dienone is 1. The van der Waals surface area contributed by atoms with Crippen molar-refractivity contribution in [3.05, 3.63) is 92.6 Å². The highest BCUT2D eigenvalue weighted by Crippen LogP contribution is 2.34. The number of rotatable bonds is 4. The van der Waals surface area contributed by atoms with E-state index in [0.717, 1.165) is 23.4 Å². The Morgan fingerprint density at radius 1 is 1.03 bits per heavy atom. The summed E-state index contributed by atoms with van der Waals surface area (Å²) in [6.45, 7) is 5.93. The number of aryl methyl sites for hydroxylation is 2. The van der Waals surface area contributed by atoms with Crippen LogP contribution in [0, 0.1) is 12.8 Å². The van der Waals surface area contributed by atoms with Gasteiger partial charge in [-0.05, 0) is 30.0 Å². The maximum absolute atomic E-state index is 13.5. The average molecular weight is 442 g/mol. The topological polar surface area (TPSA) is 65.1 Å². The van der Waals surface area contributed by atoms with Gasteiger partial charge in [-0.1, -0.05) is 67.6 Å². The number of fused-ring (bicyclic) bond motifs is 3. The first-order valence-corrected chi connectivity index (χ1v) is 11.2. The van der Waals surface area contributed by atoms with E-state index in [1.54, 1.807) is 7.05 Å². The predicted molar refractivity (Wildman–Crippen MR) is 132 cm³/mol. The molecule has 0 unspecified atom stereocenters. The molecule has 0 saturated carbocycles. The van der Waals surface area contributed by atoms with E-state index < -0.39 is 0 Å².